The Labute approximate surface area is 78.1 Å². The second kappa shape index (κ2) is 2.47. The minimum atomic E-state index is 0.855. The summed E-state index contributed by atoms with van der Waals surface area (Å²) in [5.41, 5.74) is 3.67. The maximum absolute atomic E-state index is 4.45. The molecule has 0 spiro atoms. The largest absolute Gasteiger partial charge is 0.262 e. The van der Waals surface area contributed by atoms with Gasteiger partial charge in [-0.05, 0) is 6.07 Å². The number of fused-ring (bicyclic) bond motifs is 2. The lowest BCUT2D eigenvalue weighted by Crippen LogP contribution is -1.84. The third-order valence-electron chi connectivity index (χ3n) is 1.88. The predicted octanol–water partition coefficient (Wildman–Crippen LogP) is 2.24. The van der Waals surface area contributed by atoms with Crippen molar-refractivity contribution >= 4 is 33.4 Å². The highest BCUT2D eigenvalue weighted by atomic mass is 32.1. The van der Waals surface area contributed by atoms with Crippen LogP contribution >= 0.6 is 11.3 Å². The molecule has 0 unspecified atom stereocenters. The second-order valence-electron chi connectivity index (χ2n) is 2.73. The molecule has 0 saturated carbocycles. The number of nitrogens with zero attached hydrogens (tertiary/aromatic N) is 3. The molecule has 3 heterocycles. The van der Waals surface area contributed by atoms with Crippen molar-refractivity contribution < 1.29 is 0 Å². The first kappa shape index (κ1) is 6.91. The van der Waals surface area contributed by atoms with Gasteiger partial charge in [0.15, 0.2) is 0 Å². The molecule has 0 saturated heterocycles. The molecule has 0 aliphatic carbocycles. The molecule has 0 fully saturated rings. The molecule has 0 bridgehead atoms. The van der Waals surface area contributed by atoms with Crippen LogP contribution < -0.4 is 0 Å². The van der Waals surface area contributed by atoms with Crippen molar-refractivity contribution in [3.05, 3.63) is 29.2 Å². The maximum atomic E-state index is 4.45. The van der Waals surface area contributed by atoms with E-state index >= 15 is 0 Å². The Bertz CT molecular complexity index is 523. The number of pyridine rings is 1. The van der Waals surface area contributed by atoms with Crippen molar-refractivity contribution in [2.45, 2.75) is 0 Å². The van der Waals surface area contributed by atoms with Gasteiger partial charge in [0.25, 0.3) is 0 Å². The highest BCUT2D eigenvalue weighted by Gasteiger charge is 2.00. The molecule has 3 nitrogen and oxygen atoms in total. The first-order chi connectivity index (χ1) is 6.43. The van der Waals surface area contributed by atoms with E-state index in [1.54, 1.807) is 23.7 Å². The van der Waals surface area contributed by atoms with Gasteiger partial charge in [0.2, 0.25) is 0 Å². The van der Waals surface area contributed by atoms with E-state index in [0.29, 0.717) is 0 Å². The predicted molar refractivity (Wildman–Crippen MR) is 52.7 cm³/mol. The van der Waals surface area contributed by atoms with Gasteiger partial charge in [0, 0.05) is 17.0 Å². The van der Waals surface area contributed by atoms with Crippen molar-refractivity contribution in [2.24, 2.45) is 0 Å². The van der Waals surface area contributed by atoms with Crippen LogP contribution in [0.2, 0.25) is 0 Å². The van der Waals surface area contributed by atoms with Crippen molar-refractivity contribution in [3.63, 3.8) is 0 Å². The first-order valence-electron chi connectivity index (χ1n) is 3.87. The lowest BCUT2D eigenvalue weighted by molar-refractivity contribution is 1.31. The molecule has 0 aliphatic heterocycles. The van der Waals surface area contributed by atoms with Crippen molar-refractivity contribution in [3.8, 4) is 0 Å². The zero-order valence-corrected chi connectivity index (χ0v) is 7.45. The Kier molecular flexibility index (Phi) is 1.31. The second-order valence-corrected chi connectivity index (χ2v) is 3.47. The third kappa shape index (κ3) is 0.990. The van der Waals surface area contributed by atoms with Gasteiger partial charge >= 0.3 is 0 Å². The summed E-state index contributed by atoms with van der Waals surface area (Å²) in [6, 6.07) is 1.87. The van der Waals surface area contributed by atoms with Crippen molar-refractivity contribution in [2.75, 3.05) is 0 Å². The van der Waals surface area contributed by atoms with Gasteiger partial charge in [-0.25, -0.2) is 9.97 Å². The van der Waals surface area contributed by atoms with Crippen LogP contribution in [0, 0.1) is 0 Å². The summed E-state index contributed by atoms with van der Waals surface area (Å²) in [5.74, 6) is 0. The monoisotopic (exact) mass is 187 g/mol. The van der Waals surface area contributed by atoms with Crippen LogP contribution in [0.1, 0.15) is 0 Å². The average molecular weight is 187 g/mol. The number of hydrogen-bond acceptors (Lipinski definition) is 4. The molecule has 13 heavy (non-hydrogen) atoms. The molecule has 3 aromatic rings. The SMILES string of the molecule is c1cc2nc3cscc3nc2cn1. The molecule has 0 aromatic carbocycles. The summed E-state index contributed by atoms with van der Waals surface area (Å²) in [7, 11) is 0. The van der Waals surface area contributed by atoms with Crippen LogP contribution in [0.5, 0.6) is 0 Å². The smallest absolute Gasteiger partial charge is 0.108 e. The number of hydrogen-bond donors (Lipinski definition) is 0. The molecule has 62 valence electrons. The van der Waals surface area contributed by atoms with Gasteiger partial charge in [0.1, 0.15) is 16.6 Å². The topological polar surface area (TPSA) is 38.7 Å². The Morgan fingerprint density at radius 2 is 1.69 bits per heavy atom. The summed E-state index contributed by atoms with van der Waals surface area (Å²) in [4.78, 5) is 12.9. The number of thiophene rings is 1. The highest BCUT2D eigenvalue weighted by molar-refractivity contribution is 7.09. The van der Waals surface area contributed by atoms with Gasteiger partial charge in [0.05, 0.1) is 11.7 Å². The van der Waals surface area contributed by atoms with E-state index < -0.39 is 0 Å². The van der Waals surface area contributed by atoms with E-state index in [2.05, 4.69) is 15.0 Å². The molecule has 3 aromatic heterocycles. The van der Waals surface area contributed by atoms with E-state index in [4.69, 9.17) is 0 Å². The minimum absolute atomic E-state index is 0.855. The Morgan fingerprint density at radius 1 is 0.923 bits per heavy atom. The first-order valence-corrected chi connectivity index (χ1v) is 4.81. The molecular weight excluding hydrogens is 182 g/mol. The molecule has 0 atom stereocenters. The normalized spacial score (nSPS) is 11.1. The van der Waals surface area contributed by atoms with E-state index in [1.807, 2.05) is 16.8 Å². The van der Waals surface area contributed by atoms with Crippen LogP contribution in [0.15, 0.2) is 29.2 Å². The lowest BCUT2D eigenvalue weighted by atomic mass is 10.3. The lowest BCUT2D eigenvalue weighted by Gasteiger charge is -1.94. The van der Waals surface area contributed by atoms with Crippen molar-refractivity contribution in [1.29, 1.82) is 0 Å². The maximum Gasteiger partial charge on any atom is 0.108 e. The number of rotatable bonds is 0. The van der Waals surface area contributed by atoms with E-state index in [1.165, 1.54) is 0 Å². The molecule has 0 amide bonds. The van der Waals surface area contributed by atoms with Gasteiger partial charge in [-0.1, -0.05) is 0 Å². The molecule has 0 radical (unpaired) electrons. The van der Waals surface area contributed by atoms with Gasteiger partial charge in [-0.2, -0.15) is 0 Å². The van der Waals surface area contributed by atoms with E-state index in [9.17, 15) is 0 Å². The fraction of sp³-hybridized carbons (Fsp3) is 0. The summed E-state index contributed by atoms with van der Waals surface area (Å²) in [6.45, 7) is 0. The van der Waals surface area contributed by atoms with Gasteiger partial charge in [-0.15, -0.1) is 11.3 Å². The summed E-state index contributed by atoms with van der Waals surface area (Å²) < 4.78 is 0. The Balaban J connectivity index is 2.57. The van der Waals surface area contributed by atoms with Gasteiger partial charge < -0.3 is 0 Å². The molecule has 0 N–H and O–H groups in total. The molecular formula is C9H5N3S. The van der Waals surface area contributed by atoms with E-state index in [0.717, 1.165) is 22.1 Å². The Morgan fingerprint density at radius 3 is 2.54 bits per heavy atom. The number of aromatic nitrogens is 3. The van der Waals surface area contributed by atoms with E-state index in [-0.39, 0.29) is 0 Å². The summed E-state index contributed by atoms with van der Waals surface area (Å²) in [6.07, 6.45) is 3.47. The third-order valence-corrected chi connectivity index (χ3v) is 2.60. The fourth-order valence-electron chi connectivity index (χ4n) is 1.27. The zero-order chi connectivity index (χ0) is 8.67. The Hall–Kier alpha value is -1.55. The van der Waals surface area contributed by atoms with Crippen LogP contribution in [0.25, 0.3) is 22.1 Å². The summed E-state index contributed by atoms with van der Waals surface area (Å²) in [5, 5.41) is 4.00. The molecule has 4 heteroatoms. The van der Waals surface area contributed by atoms with Crippen LogP contribution in [-0.2, 0) is 0 Å². The average Bonchev–Trinajstić information content (AvgIpc) is 2.61. The highest BCUT2D eigenvalue weighted by Crippen LogP contribution is 2.17. The minimum Gasteiger partial charge on any atom is -0.262 e. The molecule has 0 aliphatic rings. The van der Waals surface area contributed by atoms with Crippen molar-refractivity contribution in [1.82, 2.24) is 15.0 Å². The van der Waals surface area contributed by atoms with Crippen LogP contribution in [-0.4, -0.2) is 15.0 Å². The standard InChI is InChI=1S/C9H5N3S/c1-2-10-3-7-6(1)11-8-4-13-5-9(8)12-7/h1-5H. The fourth-order valence-corrected chi connectivity index (χ4v) is 1.94. The summed E-state index contributed by atoms with van der Waals surface area (Å²) >= 11 is 1.62. The van der Waals surface area contributed by atoms with Crippen LogP contribution in [0.3, 0.4) is 0 Å². The van der Waals surface area contributed by atoms with Crippen LogP contribution in [0.4, 0.5) is 0 Å². The molecule has 3 rings (SSSR count). The van der Waals surface area contributed by atoms with Gasteiger partial charge in [-0.3, -0.25) is 4.98 Å². The quantitative estimate of drug-likeness (QED) is 0.541. The zero-order valence-electron chi connectivity index (χ0n) is 6.64.